The molecule has 36 heavy (non-hydrogen) atoms. The average molecular weight is 484 g/mol. The predicted molar refractivity (Wildman–Crippen MR) is 146 cm³/mol. The van der Waals surface area contributed by atoms with E-state index in [0.29, 0.717) is 0 Å². The Kier molecular flexibility index (Phi) is 4.96. The first-order chi connectivity index (χ1) is 17.8. The summed E-state index contributed by atoms with van der Waals surface area (Å²) in [4.78, 5) is 2.45. The Morgan fingerprint density at radius 1 is 0.667 bits per heavy atom. The maximum absolute atomic E-state index is 4.94. The van der Waals surface area contributed by atoms with E-state index in [2.05, 4.69) is 94.5 Å². The van der Waals surface area contributed by atoms with Crippen LogP contribution >= 0.6 is 11.8 Å². The molecule has 0 saturated heterocycles. The van der Waals surface area contributed by atoms with Gasteiger partial charge in [-0.25, -0.2) is 4.68 Å². The molecule has 172 valence electrons. The van der Waals surface area contributed by atoms with E-state index in [-0.39, 0.29) is 0 Å². The van der Waals surface area contributed by atoms with E-state index < -0.39 is 0 Å². The third-order valence-corrected chi connectivity index (χ3v) is 7.45. The van der Waals surface area contributed by atoms with E-state index in [9.17, 15) is 0 Å². The Morgan fingerprint density at radius 3 is 2.28 bits per heavy atom. The number of fused-ring (bicyclic) bond motifs is 2. The molecule has 0 amide bonds. The molecule has 0 saturated carbocycles. The second-order valence-electron chi connectivity index (χ2n) is 8.64. The summed E-state index contributed by atoms with van der Waals surface area (Å²) in [6.07, 6.45) is 2.07. The number of rotatable bonds is 4. The minimum Gasteiger partial charge on any atom is -0.354 e. The molecule has 0 fully saturated rings. The Bertz CT molecular complexity index is 1690. The highest BCUT2D eigenvalue weighted by Crippen LogP contribution is 2.45. The molecule has 2 N–H and O–H groups in total. The third kappa shape index (κ3) is 3.68. The lowest BCUT2D eigenvalue weighted by Gasteiger charge is -2.21. The fourth-order valence-electron chi connectivity index (χ4n) is 4.50. The van der Waals surface area contributed by atoms with Crippen LogP contribution in [-0.4, -0.2) is 20.0 Å². The molecular formula is C30H21N5S. The zero-order valence-electron chi connectivity index (χ0n) is 19.2. The predicted octanol–water partition coefficient (Wildman–Crippen LogP) is 7.80. The van der Waals surface area contributed by atoms with Crippen molar-refractivity contribution < 1.29 is 0 Å². The van der Waals surface area contributed by atoms with E-state index in [0.717, 1.165) is 50.8 Å². The van der Waals surface area contributed by atoms with Crippen molar-refractivity contribution in [3.63, 3.8) is 0 Å². The van der Waals surface area contributed by atoms with E-state index in [1.165, 1.54) is 9.79 Å². The largest absolute Gasteiger partial charge is 0.354 e. The van der Waals surface area contributed by atoms with Crippen molar-refractivity contribution in [3.05, 3.63) is 115 Å². The molecule has 7 rings (SSSR count). The van der Waals surface area contributed by atoms with Crippen LogP contribution in [0.5, 0.6) is 0 Å². The minimum atomic E-state index is 0.893. The molecule has 6 heteroatoms. The number of hydrogen-bond donors (Lipinski definition) is 2. The first-order valence-corrected chi connectivity index (χ1v) is 12.6. The Hall–Kier alpha value is -4.55. The van der Waals surface area contributed by atoms with Crippen molar-refractivity contribution in [1.29, 1.82) is 0 Å². The van der Waals surface area contributed by atoms with Gasteiger partial charge in [0.1, 0.15) is 5.69 Å². The van der Waals surface area contributed by atoms with Crippen molar-refractivity contribution in [2.24, 2.45) is 0 Å². The fraction of sp³-hybridized carbons (Fsp3) is 0. The summed E-state index contributed by atoms with van der Waals surface area (Å²) >= 11 is 1.79. The Labute approximate surface area is 212 Å². The molecule has 0 unspecified atom stereocenters. The molecule has 4 aromatic carbocycles. The number of aromatic amines is 1. The molecule has 6 aromatic rings. The first kappa shape index (κ1) is 20.8. The highest BCUT2D eigenvalue weighted by molar-refractivity contribution is 7.99. The summed E-state index contributed by atoms with van der Waals surface area (Å²) < 4.78 is 1.93. The number of aromatic nitrogens is 4. The zero-order chi connectivity index (χ0) is 23.9. The van der Waals surface area contributed by atoms with Gasteiger partial charge in [0.2, 0.25) is 0 Å². The Morgan fingerprint density at radius 2 is 1.42 bits per heavy atom. The summed E-state index contributed by atoms with van der Waals surface area (Å²) in [7, 11) is 0. The summed E-state index contributed by atoms with van der Waals surface area (Å²) in [5.74, 6) is 0. The van der Waals surface area contributed by atoms with E-state index in [1.807, 2.05) is 41.1 Å². The van der Waals surface area contributed by atoms with Gasteiger partial charge in [-0.05, 0) is 42.5 Å². The first-order valence-electron chi connectivity index (χ1n) is 11.8. The summed E-state index contributed by atoms with van der Waals surface area (Å²) in [5, 5.41) is 16.5. The van der Waals surface area contributed by atoms with Crippen LogP contribution in [0.1, 0.15) is 0 Å². The van der Waals surface area contributed by atoms with Crippen molar-refractivity contribution in [2.75, 3.05) is 5.32 Å². The number of para-hydroxylation sites is 2. The average Bonchev–Trinajstić information content (AvgIpc) is 3.61. The lowest BCUT2D eigenvalue weighted by molar-refractivity contribution is 0.884. The number of hydrogen-bond acceptors (Lipinski definition) is 4. The highest BCUT2D eigenvalue weighted by Gasteiger charge is 2.19. The molecule has 1 aliphatic rings. The normalized spacial score (nSPS) is 12.0. The smallest absolute Gasteiger partial charge is 0.102 e. The number of benzene rings is 4. The topological polar surface area (TPSA) is 58.5 Å². The maximum Gasteiger partial charge on any atom is 0.102 e. The standard InChI is InChI=1S/C30H21N5S/c1-3-9-20(10-4-1)30-23(19-35(34-30)22-11-5-2-6-12-22)26-18-25(32-33-26)21-15-16-29-27(17-21)31-24-13-7-8-14-28(24)36-29/h1-19,31H,(H,32,33). The molecule has 0 bridgehead atoms. The molecule has 1 aliphatic heterocycles. The van der Waals surface area contributed by atoms with Gasteiger partial charge in [0.25, 0.3) is 0 Å². The number of H-pyrrole nitrogens is 1. The molecule has 0 aliphatic carbocycles. The van der Waals surface area contributed by atoms with Crippen molar-refractivity contribution in [2.45, 2.75) is 9.79 Å². The van der Waals surface area contributed by atoms with Gasteiger partial charge in [0, 0.05) is 32.7 Å². The molecule has 5 nitrogen and oxygen atoms in total. The van der Waals surface area contributed by atoms with E-state index >= 15 is 0 Å². The maximum atomic E-state index is 4.94. The second-order valence-corrected chi connectivity index (χ2v) is 9.72. The second kappa shape index (κ2) is 8.59. The van der Waals surface area contributed by atoms with Crippen LogP contribution in [0.25, 0.3) is 39.5 Å². The van der Waals surface area contributed by atoms with Crippen molar-refractivity contribution >= 4 is 23.1 Å². The third-order valence-electron chi connectivity index (χ3n) is 6.30. The Balaban J connectivity index is 1.27. The van der Waals surface area contributed by atoms with Crippen molar-refractivity contribution in [3.8, 4) is 39.5 Å². The SMILES string of the molecule is c1ccc(-c2nn(-c3ccccc3)cc2-c2cc(-c3ccc4c(c3)Nc3ccccc3S4)n[nH]2)cc1. The van der Waals surface area contributed by atoms with E-state index in [1.54, 1.807) is 11.8 Å². The van der Waals surface area contributed by atoms with Crippen LogP contribution in [0.3, 0.4) is 0 Å². The van der Waals surface area contributed by atoms with Crippen LogP contribution in [0.15, 0.2) is 125 Å². The molecule has 0 radical (unpaired) electrons. The highest BCUT2D eigenvalue weighted by atomic mass is 32.2. The van der Waals surface area contributed by atoms with Gasteiger partial charge in [-0.15, -0.1) is 0 Å². The van der Waals surface area contributed by atoms with Gasteiger partial charge >= 0.3 is 0 Å². The molecule has 0 spiro atoms. The molecular weight excluding hydrogens is 462 g/mol. The molecule has 2 aromatic heterocycles. The molecule has 0 atom stereocenters. The lowest BCUT2D eigenvalue weighted by Crippen LogP contribution is -1.99. The summed E-state index contributed by atoms with van der Waals surface area (Å²) in [5.41, 5.74) is 9.10. The quantitative estimate of drug-likeness (QED) is 0.268. The summed E-state index contributed by atoms with van der Waals surface area (Å²) in [6, 6.07) is 37.4. The number of nitrogens with zero attached hydrogens (tertiary/aromatic N) is 3. The van der Waals surface area contributed by atoms with E-state index in [4.69, 9.17) is 5.10 Å². The van der Waals surface area contributed by atoms with Gasteiger partial charge in [0.05, 0.1) is 28.5 Å². The fourth-order valence-corrected chi connectivity index (χ4v) is 5.47. The van der Waals surface area contributed by atoms with Gasteiger partial charge in [-0.2, -0.15) is 10.2 Å². The molecule has 3 heterocycles. The zero-order valence-corrected chi connectivity index (χ0v) is 20.0. The number of nitrogens with one attached hydrogen (secondary N) is 2. The van der Waals surface area contributed by atoms with Gasteiger partial charge in [-0.1, -0.05) is 78.5 Å². The van der Waals surface area contributed by atoms with Gasteiger partial charge < -0.3 is 5.32 Å². The number of anilines is 2. The van der Waals surface area contributed by atoms with Crippen LogP contribution in [0.2, 0.25) is 0 Å². The lowest BCUT2D eigenvalue weighted by atomic mass is 10.0. The van der Waals surface area contributed by atoms with Crippen LogP contribution in [0, 0.1) is 0 Å². The van der Waals surface area contributed by atoms with Crippen LogP contribution in [-0.2, 0) is 0 Å². The minimum absolute atomic E-state index is 0.893. The monoisotopic (exact) mass is 483 g/mol. The van der Waals surface area contributed by atoms with Crippen molar-refractivity contribution in [1.82, 2.24) is 20.0 Å². The summed E-state index contributed by atoms with van der Waals surface area (Å²) in [6.45, 7) is 0. The van der Waals surface area contributed by atoms with Crippen LogP contribution in [0.4, 0.5) is 11.4 Å². The van der Waals surface area contributed by atoms with Crippen LogP contribution < -0.4 is 5.32 Å². The van der Waals surface area contributed by atoms with Gasteiger partial charge in [-0.3, -0.25) is 5.10 Å². The van der Waals surface area contributed by atoms with Gasteiger partial charge in [0.15, 0.2) is 0 Å².